The fraction of sp³-hybridized carbons (Fsp3) is 0.278. The molecule has 1 saturated heterocycles. The highest BCUT2D eigenvalue weighted by molar-refractivity contribution is 7.89. The molecule has 1 aliphatic heterocycles. The summed E-state index contributed by atoms with van der Waals surface area (Å²) in [6.45, 7) is 0.720. The molecule has 1 unspecified atom stereocenters. The Hall–Kier alpha value is -2.38. The minimum absolute atomic E-state index is 0.00549. The highest BCUT2D eigenvalue weighted by Gasteiger charge is 2.31. The van der Waals surface area contributed by atoms with Crippen molar-refractivity contribution in [2.24, 2.45) is 5.92 Å². The van der Waals surface area contributed by atoms with Crippen LogP contribution < -0.4 is 14.4 Å². The second kappa shape index (κ2) is 7.25. The van der Waals surface area contributed by atoms with Gasteiger partial charge in [0, 0.05) is 25.2 Å². The Bertz CT molecular complexity index is 835. The first-order chi connectivity index (χ1) is 12.0. The number of sulfonamides is 1. The molecular weight excluding hydrogens is 340 g/mol. The van der Waals surface area contributed by atoms with Crippen LogP contribution in [0, 0.1) is 5.92 Å². The van der Waals surface area contributed by atoms with Gasteiger partial charge in [-0.05, 0) is 42.3 Å². The Morgan fingerprint density at radius 1 is 1.12 bits per heavy atom. The van der Waals surface area contributed by atoms with Gasteiger partial charge in [-0.2, -0.15) is 0 Å². The van der Waals surface area contributed by atoms with Gasteiger partial charge in [-0.3, -0.25) is 4.79 Å². The molecule has 1 atom stereocenters. The van der Waals surface area contributed by atoms with Crippen LogP contribution >= 0.6 is 0 Å². The van der Waals surface area contributed by atoms with Gasteiger partial charge in [0.1, 0.15) is 5.75 Å². The monoisotopic (exact) mass is 360 g/mol. The zero-order valence-corrected chi connectivity index (χ0v) is 14.7. The zero-order chi connectivity index (χ0) is 17.9. The lowest BCUT2D eigenvalue weighted by molar-refractivity contribution is -0.117. The molecule has 2 aromatic rings. The second-order valence-electron chi connectivity index (χ2n) is 5.94. The van der Waals surface area contributed by atoms with Gasteiger partial charge >= 0.3 is 0 Å². The number of benzene rings is 2. The first kappa shape index (κ1) is 17.4. The van der Waals surface area contributed by atoms with Crippen LogP contribution in [0.5, 0.6) is 5.75 Å². The minimum Gasteiger partial charge on any atom is -0.497 e. The van der Waals surface area contributed by atoms with Crippen LogP contribution in [-0.4, -0.2) is 34.5 Å². The van der Waals surface area contributed by atoms with Crippen LogP contribution in [-0.2, 0) is 14.8 Å². The number of carbonyl (C=O) groups is 1. The standard InChI is InChI=1S/C18H20N2O4S/c1-24-16-9-7-15(8-10-16)20-13-14(11-18(20)21)12-19-25(22,23)17-5-3-2-4-6-17/h2-10,14,19H,11-13H2,1H3. The summed E-state index contributed by atoms with van der Waals surface area (Å²) in [4.78, 5) is 14.2. The first-order valence-corrected chi connectivity index (χ1v) is 9.47. The summed E-state index contributed by atoms with van der Waals surface area (Å²) in [6, 6.07) is 15.5. The molecule has 0 saturated carbocycles. The van der Waals surface area contributed by atoms with Crippen molar-refractivity contribution in [2.45, 2.75) is 11.3 Å². The molecule has 7 heteroatoms. The number of rotatable bonds is 6. The minimum atomic E-state index is -3.55. The first-order valence-electron chi connectivity index (χ1n) is 7.99. The van der Waals surface area contributed by atoms with E-state index in [1.54, 1.807) is 54.5 Å². The van der Waals surface area contributed by atoms with Gasteiger partial charge < -0.3 is 9.64 Å². The van der Waals surface area contributed by atoms with Gasteiger partial charge in [0.2, 0.25) is 15.9 Å². The normalized spacial score (nSPS) is 17.7. The predicted octanol–water partition coefficient (Wildman–Crippen LogP) is 2.03. The average Bonchev–Trinajstić information content (AvgIpc) is 3.02. The third-order valence-electron chi connectivity index (χ3n) is 4.20. The van der Waals surface area contributed by atoms with E-state index in [9.17, 15) is 13.2 Å². The van der Waals surface area contributed by atoms with Gasteiger partial charge in [0.25, 0.3) is 0 Å². The maximum Gasteiger partial charge on any atom is 0.240 e. The molecule has 0 bridgehead atoms. The number of ether oxygens (including phenoxy) is 1. The molecule has 1 fully saturated rings. The molecule has 132 valence electrons. The quantitative estimate of drug-likeness (QED) is 0.855. The molecule has 0 radical (unpaired) electrons. The van der Waals surface area contributed by atoms with E-state index >= 15 is 0 Å². The number of nitrogens with one attached hydrogen (secondary N) is 1. The number of carbonyl (C=O) groups excluding carboxylic acids is 1. The Balaban J connectivity index is 1.63. The van der Waals surface area contributed by atoms with E-state index in [2.05, 4.69) is 4.72 Å². The number of amides is 1. The van der Waals surface area contributed by atoms with E-state index in [4.69, 9.17) is 4.74 Å². The van der Waals surface area contributed by atoms with Crippen molar-refractivity contribution >= 4 is 21.6 Å². The summed E-state index contributed by atoms with van der Waals surface area (Å²) in [5, 5.41) is 0. The molecule has 1 aliphatic rings. The number of hydrogen-bond acceptors (Lipinski definition) is 4. The van der Waals surface area contributed by atoms with Crippen molar-refractivity contribution in [3.8, 4) is 5.75 Å². The summed E-state index contributed by atoms with van der Waals surface area (Å²) in [6.07, 6.45) is 0.323. The van der Waals surface area contributed by atoms with Crippen LogP contribution in [0.15, 0.2) is 59.5 Å². The summed E-state index contributed by atoms with van der Waals surface area (Å²) >= 11 is 0. The topological polar surface area (TPSA) is 75.7 Å². The maximum absolute atomic E-state index is 12.3. The van der Waals surface area contributed by atoms with Crippen LogP contribution in [0.4, 0.5) is 5.69 Å². The van der Waals surface area contributed by atoms with E-state index in [1.165, 1.54) is 0 Å². The molecule has 3 rings (SSSR count). The van der Waals surface area contributed by atoms with Gasteiger partial charge in [-0.15, -0.1) is 0 Å². The molecule has 6 nitrogen and oxygen atoms in total. The predicted molar refractivity (Wildman–Crippen MR) is 95.1 cm³/mol. The van der Waals surface area contributed by atoms with Crippen LogP contribution in [0.25, 0.3) is 0 Å². The Morgan fingerprint density at radius 3 is 2.44 bits per heavy atom. The lowest BCUT2D eigenvalue weighted by Gasteiger charge is -2.17. The molecule has 25 heavy (non-hydrogen) atoms. The number of anilines is 1. The highest BCUT2D eigenvalue weighted by Crippen LogP contribution is 2.26. The fourth-order valence-electron chi connectivity index (χ4n) is 2.84. The van der Waals surface area contributed by atoms with Crippen LogP contribution in [0.1, 0.15) is 6.42 Å². The molecular formula is C18H20N2O4S. The van der Waals surface area contributed by atoms with Crippen molar-refractivity contribution < 1.29 is 17.9 Å². The summed E-state index contributed by atoms with van der Waals surface area (Å²) in [7, 11) is -1.96. The molecule has 0 aliphatic carbocycles. The Kier molecular flexibility index (Phi) is 5.06. The number of hydrogen-bond donors (Lipinski definition) is 1. The zero-order valence-electron chi connectivity index (χ0n) is 13.9. The lowest BCUT2D eigenvalue weighted by Crippen LogP contribution is -2.31. The van der Waals surface area contributed by atoms with Crippen LogP contribution in [0.3, 0.4) is 0 Å². The summed E-state index contributed by atoms with van der Waals surface area (Å²) < 4.78 is 32.3. The van der Waals surface area contributed by atoms with Gasteiger partial charge in [-0.25, -0.2) is 13.1 Å². The third kappa shape index (κ3) is 4.00. The smallest absolute Gasteiger partial charge is 0.240 e. The van der Waals surface area contributed by atoms with Gasteiger partial charge in [0.05, 0.1) is 12.0 Å². The van der Waals surface area contributed by atoms with Crippen LogP contribution in [0.2, 0.25) is 0 Å². The highest BCUT2D eigenvalue weighted by atomic mass is 32.2. The number of methoxy groups -OCH3 is 1. The van der Waals surface area contributed by atoms with E-state index < -0.39 is 10.0 Å². The van der Waals surface area contributed by atoms with Crippen molar-refractivity contribution in [2.75, 3.05) is 25.1 Å². The average molecular weight is 360 g/mol. The van der Waals surface area contributed by atoms with E-state index in [0.29, 0.717) is 13.0 Å². The van der Waals surface area contributed by atoms with Crippen molar-refractivity contribution in [3.63, 3.8) is 0 Å². The largest absolute Gasteiger partial charge is 0.497 e. The molecule has 1 heterocycles. The van der Waals surface area contributed by atoms with Crippen molar-refractivity contribution in [1.82, 2.24) is 4.72 Å². The van der Waals surface area contributed by atoms with E-state index in [1.807, 2.05) is 12.1 Å². The summed E-state index contributed by atoms with van der Waals surface area (Å²) in [5.41, 5.74) is 0.791. The second-order valence-corrected chi connectivity index (χ2v) is 7.70. The van der Waals surface area contributed by atoms with E-state index in [0.717, 1.165) is 11.4 Å². The van der Waals surface area contributed by atoms with E-state index in [-0.39, 0.29) is 23.3 Å². The third-order valence-corrected chi connectivity index (χ3v) is 5.64. The number of nitrogens with zero attached hydrogens (tertiary/aromatic N) is 1. The van der Waals surface area contributed by atoms with Crippen molar-refractivity contribution in [1.29, 1.82) is 0 Å². The molecule has 0 spiro atoms. The summed E-state index contributed by atoms with van der Waals surface area (Å²) in [5.74, 6) is 0.657. The molecule has 2 aromatic carbocycles. The fourth-order valence-corrected chi connectivity index (χ4v) is 3.98. The molecule has 0 aromatic heterocycles. The van der Waals surface area contributed by atoms with Crippen molar-refractivity contribution in [3.05, 3.63) is 54.6 Å². The van der Waals surface area contributed by atoms with Gasteiger partial charge in [0.15, 0.2) is 0 Å². The SMILES string of the molecule is COc1ccc(N2CC(CNS(=O)(=O)c3ccccc3)CC2=O)cc1. The molecule has 1 N–H and O–H groups in total. The maximum atomic E-state index is 12.3. The van der Waals surface area contributed by atoms with Gasteiger partial charge in [-0.1, -0.05) is 18.2 Å². The Morgan fingerprint density at radius 2 is 1.80 bits per heavy atom. The Labute approximate surface area is 147 Å². The molecule has 1 amide bonds. The lowest BCUT2D eigenvalue weighted by atomic mass is 10.1.